The monoisotopic (exact) mass is 1480 g/mol. The van der Waals surface area contributed by atoms with Crippen LogP contribution in [0.25, 0.3) is 152 Å². The van der Waals surface area contributed by atoms with Crippen molar-refractivity contribution in [1.29, 1.82) is 0 Å². The zero-order valence-corrected chi connectivity index (χ0v) is 63.3. The van der Waals surface area contributed by atoms with E-state index in [-0.39, 0.29) is 5.41 Å². The molecule has 8 heteroatoms. The largest absolute Gasteiger partial charge is 0.457 e. The Labute approximate surface area is 671 Å². The SMILES string of the molecule is CC1(C)c2ccccc2-c2ccc(-c3nc(-c4ccccc4)nc(-c4ccc(-c5ccc6c(c5)Oc5cc(-c7ccc(-c8nc(-c9ccc(-c%10ccc%11c(c%10)Oc%10ccccc%10C%11%10c%11ccccc%11-c%11ccccc%11%10)cc9)nc(-c9cc%10c%11c(cccc%11c9)CC=C%10)n8)cc7)ccc5C65c6ccccc6-c6ccccc65)cc4)n3)cc21. The minimum absolute atomic E-state index is 0.179. The number of benzene rings is 16. The third-order valence-electron chi connectivity index (χ3n) is 25.4. The Balaban J connectivity index is 0.575. The highest BCUT2D eigenvalue weighted by molar-refractivity contribution is 5.99. The van der Waals surface area contributed by atoms with Gasteiger partial charge in [0.1, 0.15) is 23.0 Å². The van der Waals surface area contributed by atoms with Crippen molar-refractivity contribution in [3.8, 4) is 158 Å². The van der Waals surface area contributed by atoms with Gasteiger partial charge < -0.3 is 9.47 Å². The molecule has 16 aromatic carbocycles. The van der Waals surface area contributed by atoms with Crippen LogP contribution in [-0.4, -0.2) is 29.9 Å². The Morgan fingerprint density at radius 2 is 0.578 bits per heavy atom. The lowest BCUT2D eigenvalue weighted by Crippen LogP contribution is -2.32. The number of para-hydroxylation sites is 1. The Hall–Kier alpha value is -14.9. The summed E-state index contributed by atoms with van der Waals surface area (Å²) in [6.45, 7) is 4.61. The van der Waals surface area contributed by atoms with Crippen molar-refractivity contribution in [1.82, 2.24) is 29.9 Å². The van der Waals surface area contributed by atoms with E-state index in [1.807, 2.05) is 18.2 Å². The van der Waals surface area contributed by atoms with Crippen LogP contribution in [0.3, 0.4) is 0 Å². The molecule has 2 aliphatic heterocycles. The van der Waals surface area contributed by atoms with Crippen LogP contribution < -0.4 is 9.47 Å². The van der Waals surface area contributed by atoms with E-state index in [1.54, 1.807) is 0 Å². The summed E-state index contributed by atoms with van der Waals surface area (Å²) in [5.41, 5.74) is 32.2. The molecule has 6 aliphatic rings. The maximum atomic E-state index is 7.38. The van der Waals surface area contributed by atoms with Gasteiger partial charge in [0.15, 0.2) is 34.9 Å². The van der Waals surface area contributed by atoms with Crippen LogP contribution in [0.4, 0.5) is 0 Å². The van der Waals surface area contributed by atoms with Crippen LogP contribution in [0.5, 0.6) is 23.0 Å². The lowest BCUT2D eigenvalue weighted by atomic mass is 9.65. The van der Waals surface area contributed by atoms with Crippen molar-refractivity contribution in [3.05, 3.63) is 425 Å². The topological polar surface area (TPSA) is 95.8 Å². The highest BCUT2D eigenvalue weighted by atomic mass is 16.5. The number of fused-ring (bicyclic) bond motifs is 21. The molecule has 0 radical (unpaired) electrons. The van der Waals surface area contributed by atoms with Gasteiger partial charge in [-0.3, -0.25) is 0 Å². The molecule has 8 nitrogen and oxygen atoms in total. The molecule has 2 spiro atoms. The molecular formula is C108H68N6O2. The predicted octanol–water partition coefficient (Wildman–Crippen LogP) is 26.0. The molecule has 0 amide bonds. The lowest BCUT2D eigenvalue weighted by molar-refractivity contribution is 0.436. The lowest BCUT2D eigenvalue weighted by Gasteiger charge is -2.39. The first-order chi connectivity index (χ1) is 57.2. The van der Waals surface area contributed by atoms with Crippen LogP contribution in [0, 0.1) is 0 Å². The van der Waals surface area contributed by atoms with Gasteiger partial charge in [0.25, 0.3) is 0 Å². The Bertz CT molecular complexity index is 7170. The maximum absolute atomic E-state index is 7.38. The highest BCUT2D eigenvalue weighted by Crippen LogP contribution is 2.65. The summed E-state index contributed by atoms with van der Waals surface area (Å²) >= 11 is 0. The van der Waals surface area contributed by atoms with E-state index in [2.05, 4.69) is 360 Å². The third-order valence-corrected chi connectivity index (χ3v) is 25.4. The summed E-state index contributed by atoms with van der Waals surface area (Å²) in [4.78, 5) is 31.6. The van der Waals surface area contributed by atoms with Crippen molar-refractivity contribution in [2.45, 2.75) is 36.5 Å². The summed E-state index contributed by atoms with van der Waals surface area (Å²) in [5, 5.41) is 2.43. The second kappa shape index (κ2) is 25.1. The van der Waals surface area contributed by atoms with Gasteiger partial charge in [-0.15, -0.1) is 0 Å². The first kappa shape index (κ1) is 65.8. The van der Waals surface area contributed by atoms with Crippen molar-refractivity contribution in [2.24, 2.45) is 0 Å². The fourth-order valence-corrected chi connectivity index (χ4v) is 20.0. The fourth-order valence-electron chi connectivity index (χ4n) is 20.0. The first-order valence-electron chi connectivity index (χ1n) is 39.8. The van der Waals surface area contributed by atoms with Crippen molar-refractivity contribution in [2.75, 3.05) is 0 Å². The highest BCUT2D eigenvalue weighted by Gasteiger charge is 2.53. The second-order valence-corrected chi connectivity index (χ2v) is 31.8. The van der Waals surface area contributed by atoms with E-state index in [0.29, 0.717) is 34.9 Å². The van der Waals surface area contributed by atoms with Gasteiger partial charge >= 0.3 is 0 Å². The van der Waals surface area contributed by atoms with Crippen molar-refractivity contribution >= 4 is 16.8 Å². The van der Waals surface area contributed by atoms with Gasteiger partial charge in [-0.25, -0.2) is 29.9 Å². The molecule has 0 saturated heterocycles. The van der Waals surface area contributed by atoms with Gasteiger partial charge in [0.05, 0.1) is 10.8 Å². The molecule has 0 N–H and O–H groups in total. The minimum Gasteiger partial charge on any atom is -0.457 e. The minimum atomic E-state index is -0.674. The number of aromatic nitrogens is 6. The first-order valence-corrected chi connectivity index (χ1v) is 39.8. The van der Waals surface area contributed by atoms with Crippen LogP contribution in [-0.2, 0) is 22.7 Å². The van der Waals surface area contributed by atoms with Crippen LogP contribution in [0.15, 0.2) is 358 Å². The van der Waals surface area contributed by atoms with Gasteiger partial charge in [0, 0.05) is 61.0 Å². The van der Waals surface area contributed by atoms with Gasteiger partial charge in [0.2, 0.25) is 0 Å². The van der Waals surface area contributed by atoms with Crippen molar-refractivity contribution in [3.63, 3.8) is 0 Å². The van der Waals surface area contributed by atoms with Gasteiger partial charge in [-0.1, -0.05) is 335 Å². The third kappa shape index (κ3) is 9.74. The molecule has 0 bridgehead atoms. The van der Waals surface area contributed by atoms with Crippen molar-refractivity contribution < 1.29 is 9.47 Å². The summed E-state index contributed by atoms with van der Waals surface area (Å²) in [6.07, 6.45) is 5.37. The number of rotatable bonds is 9. The number of allylic oxidation sites excluding steroid dienone is 1. The molecule has 4 aliphatic carbocycles. The van der Waals surface area contributed by atoms with E-state index in [0.717, 1.165) is 129 Å². The number of nitrogens with zero attached hydrogens (tertiary/aromatic N) is 6. The zero-order chi connectivity index (χ0) is 76.5. The Kier molecular flexibility index (Phi) is 14.2. The molecule has 18 aromatic rings. The van der Waals surface area contributed by atoms with E-state index in [9.17, 15) is 0 Å². The second-order valence-electron chi connectivity index (χ2n) is 31.8. The normalized spacial score (nSPS) is 14.2. The number of hydrogen-bond acceptors (Lipinski definition) is 8. The van der Waals surface area contributed by atoms with E-state index >= 15 is 0 Å². The van der Waals surface area contributed by atoms with Gasteiger partial charge in [-0.05, 0) is 171 Å². The average Bonchev–Trinajstić information content (AvgIpc) is 1.52. The molecule has 0 saturated carbocycles. The molecule has 0 unspecified atom stereocenters. The van der Waals surface area contributed by atoms with E-state index in [4.69, 9.17) is 39.4 Å². The molecule has 2 aromatic heterocycles. The number of ether oxygens (including phenoxy) is 2. The Morgan fingerprint density at radius 3 is 1.05 bits per heavy atom. The van der Waals surface area contributed by atoms with E-state index < -0.39 is 10.8 Å². The summed E-state index contributed by atoms with van der Waals surface area (Å²) < 4.78 is 14.3. The average molecular weight is 1480 g/mol. The summed E-state index contributed by atoms with van der Waals surface area (Å²) in [7, 11) is 0. The zero-order valence-electron chi connectivity index (χ0n) is 63.3. The van der Waals surface area contributed by atoms with Crippen LogP contribution >= 0.6 is 0 Å². The summed E-state index contributed by atoms with van der Waals surface area (Å²) in [6, 6.07) is 127. The molecule has 116 heavy (non-hydrogen) atoms. The maximum Gasteiger partial charge on any atom is 0.164 e. The van der Waals surface area contributed by atoms with Crippen LogP contribution in [0.2, 0.25) is 0 Å². The predicted molar refractivity (Wildman–Crippen MR) is 465 cm³/mol. The molecule has 0 atom stereocenters. The molecule has 0 fully saturated rings. The number of hydrogen-bond donors (Lipinski definition) is 0. The molecule has 24 rings (SSSR count). The standard InChI is InChI=1S/C108H68N6O2/c1-106(2)85-31-11-6-26-79(85)84-54-50-77(60-94(84)106)104-111-100(68-20-4-3-5-21-68)109-101(112-104)69-44-38-65(39-45-69)73-52-56-92-97(62-73)116-98-63-74(53-57-93(98)108(92)88-34-14-9-29-82(88)83-30-10-15-35-89(83)108)66-42-48-71(49-43-66)103-110-102(113-105(114-103)78-58-75-24-18-22-67-23-19-25-76(59-78)99(67)75)70-46-40-64(41-47-70)72-51-55-91-96(61-72)115-95-37-17-16-36-90(95)107(91)86-32-12-7-27-80(86)81-28-8-13-33-87(81)107/h3-22,24-63H,23H2,1-2H3. The fraction of sp³-hybridized carbons (Fsp3) is 0.0556. The summed E-state index contributed by atoms with van der Waals surface area (Å²) in [5.74, 6) is 6.91. The quantitative estimate of drug-likeness (QED) is 0.141. The smallest absolute Gasteiger partial charge is 0.164 e. The molecule has 4 heterocycles. The van der Waals surface area contributed by atoms with Crippen LogP contribution in [0.1, 0.15) is 80.6 Å². The Morgan fingerprint density at radius 1 is 0.233 bits per heavy atom. The molecule has 542 valence electrons. The van der Waals surface area contributed by atoms with E-state index in [1.165, 1.54) is 77.7 Å². The molecular weight excluding hydrogens is 1410 g/mol. The van der Waals surface area contributed by atoms with Gasteiger partial charge in [-0.2, -0.15) is 0 Å².